The smallest absolute Gasteiger partial charge is 0.337 e. The van der Waals surface area contributed by atoms with Gasteiger partial charge in [0.15, 0.2) is 0 Å². The van der Waals surface area contributed by atoms with Crippen molar-refractivity contribution in [2.24, 2.45) is 11.7 Å². The highest BCUT2D eigenvalue weighted by atomic mass is 79.9. The molecule has 0 spiro atoms. The van der Waals surface area contributed by atoms with Crippen LogP contribution >= 0.6 is 15.9 Å². The van der Waals surface area contributed by atoms with E-state index in [9.17, 15) is 4.79 Å². The average molecular weight is 443 g/mol. The fourth-order valence-corrected chi connectivity index (χ4v) is 3.90. The van der Waals surface area contributed by atoms with Crippen LogP contribution < -0.4 is 10.6 Å². The van der Waals surface area contributed by atoms with Crippen molar-refractivity contribution >= 4 is 27.6 Å². The molecular weight excluding hydrogens is 404 g/mol. The summed E-state index contributed by atoms with van der Waals surface area (Å²) in [6.45, 7) is 12.1. The van der Waals surface area contributed by atoms with Crippen LogP contribution in [0.3, 0.4) is 0 Å². The third-order valence-corrected chi connectivity index (χ3v) is 5.59. The third kappa shape index (κ3) is 7.82. The number of halogens is 1. The average Bonchev–Trinajstić information content (AvgIpc) is 2.72. The van der Waals surface area contributed by atoms with Gasteiger partial charge < -0.3 is 15.4 Å². The van der Waals surface area contributed by atoms with Crippen molar-refractivity contribution in [3.63, 3.8) is 0 Å². The largest absolute Gasteiger partial charge is 0.465 e. The van der Waals surface area contributed by atoms with Crippen molar-refractivity contribution in [3.8, 4) is 0 Å². The Morgan fingerprint density at radius 2 is 1.96 bits per heavy atom. The maximum absolute atomic E-state index is 12.0. The predicted octanol–water partition coefficient (Wildman–Crippen LogP) is 5.94. The van der Waals surface area contributed by atoms with Gasteiger partial charge in [0.05, 0.1) is 18.1 Å². The summed E-state index contributed by atoms with van der Waals surface area (Å²) in [7, 11) is 1.42. The molecule has 0 aliphatic rings. The number of unbranched alkanes of at least 4 members (excludes halogenated alkanes) is 1. The fraction of sp³-hybridized carbons (Fsp3) is 0.682. The summed E-state index contributed by atoms with van der Waals surface area (Å²) >= 11 is 3.57. The number of alkyl halides is 1. The molecule has 156 valence electrons. The molecule has 5 heteroatoms. The summed E-state index contributed by atoms with van der Waals surface area (Å²) in [5, 5.41) is 0. The van der Waals surface area contributed by atoms with Crippen molar-refractivity contribution in [2.75, 3.05) is 30.6 Å². The number of rotatable bonds is 11. The molecule has 0 saturated heterocycles. The van der Waals surface area contributed by atoms with Gasteiger partial charge in [-0.1, -0.05) is 75.9 Å². The molecule has 0 saturated carbocycles. The standard InChI is InChI=1S/C20H33BrN2O2.C2H6/c1-5-7-8-16(6-2)15(3)18-10-9-17(20(24)25-4)13-19(18)23(14-21)12-11-22;1-2/h9-10,13,15-16H,5-8,11-12,14,22H2,1-4H3;1-2H3. The maximum atomic E-state index is 12.0. The topological polar surface area (TPSA) is 55.6 Å². The minimum atomic E-state index is -0.305. The molecule has 0 amide bonds. The van der Waals surface area contributed by atoms with Gasteiger partial charge in [-0.3, -0.25) is 0 Å². The molecule has 2 N–H and O–H groups in total. The van der Waals surface area contributed by atoms with E-state index in [1.165, 1.54) is 31.9 Å². The fourth-order valence-electron chi connectivity index (χ4n) is 3.38. The molecule has 1 rings (SSSR count). The number of nitrogens with two attached hydrogens (primary N) is 1. The minimum Gasteiger partial charge on any atom is -0.465 e. The van der Waals surface area contributed by atoms with Crippen LogP contribution in [0.25, 0.3) is 0 Å². The molecule has 0 aromatic heterocycles. The quantitative estimate of drug-likeness (QED) is 0.261. The van der Waals surface area contributed by atoms with Crippen LogP contribution in [-0.4, -0.2) is 31.6 Å². The normalized spacial score (nSPS) is 12.6. The molecule has 2 atom stereocenters. The molecule has 0 bridgehead atoms. The Hall–Kier alpha value is -1.07. The van der Waals surface area contributed by atoms with E-state index >= 15 is 0 Å². The van der Waals surface area contributed by atoms with Gasteiger partial charge in [-0.25, -0.2) is 4.79 Å². The van der Waals surface area contributed by atoms with Gasteiger partial charge in [-0.05, 0) is 36.0 Å². The highest BCUT2D eigenvalue weighted by Gasteiger charge is 2.23. The summed E-state index contributed by atoms with van der Waals surface area (Å²) in [5.74, 6) is 0.760. The number of methoxy groups -OCH3 is 1. The van der Waals surface area contributed by atoms with Crippen molar-refractivity contribution in [3.05, 3.63) is 29.3 Å². The Balaban J connectivity index is 0.00000326. The Morgan fingerprint density at radius 3 is 2.44 bits per heavy atom. The third-order valence-electron chi connectivity index (χ3n) is 4.99. The van der Waals surface area contributed by atoms with Crippen LogP contribution in [0.5, 0.6) is 0 Å². The van der Waals surface area contributed by atoms with Crippen LogP contribution in [-0.2, 0) is 4.74 Å². The first-order chi connectivity index (χ1) is 13.0. The molecule has 0 radical (unpaired) electrons. The number of esters is 1. The molecule has 27 heavy (non-hydrogen) atoms. The van der Waals surface area contributed by atoms with Crippen molar-refractivity contribution in [1.82, 2.24) is 0 Å². The zero-order valence-electron chi connectivity index (χ0n) is 18.1. The Kier molecular flexibility index (Phi) is 14.3. The number of carbonyl (C=O) groups is 1. The molecule has 0 aliphatic heterocycles. The van der Waals surface area contributed by atoms with Crippen LogP contribution in [0, 0.1) is 5.92 Å². The second kappa shape index (κ2) is 14.9. The lowest BCUT2D eigenvalue weighted by Crippen LogP contribution is -2.30. The summed E-state index contributed by atoms with van der Waals surface area (Å²) in [6, 6.07) is 5.91. The van der Waals surface area contributed by atoms with Gasteiger partial charge >= 0.3 is 5.97 Å². The van der Waals surface area contributed by atoms with Crippen molar-refractivity contribution < 1.29 is 9.53 Å². The first-order valence-electron chi connectivity index (χ1n) is 10.3. The first-order valence-corrected chi connectivity index (χ1v) is 11.4. The molecule has 0 aliphatic carbocycles. The molecule has 1 aromatic rings. The monoisotopic (exact) mass is 442 g/mol. The van der Waals surface area contributed by atoms with E-state index in [0.29, 0.717) is 29.4 Å². The number of ether oxygens (including phenoxy) is 1. The van der Waals surface area contributed by atoms with Gasteiger partial charge in [0.1, 0.15) is 0 Å². The van der Waals surface area contributed by atoms with Gasteiger partial charge in [-0.15, -0.1) is 0 Å². The van der Waals surface area contributed by atoms with Gasteiger partial charge in [0.25, 0.3) is 0 Å². The summed E-state index contributed by atoms with van der Waals surface area (Å²) < 4.78 is 4.89. The predicted molar refractivity (Wildman–Crippen MR) is 121 cm³/mol. The number of anilines is 1. The van der Waals surface area contributed by atoms with Crippen LogP contribution in [0.2, 0.25) is 0 Å². The number of benzene rings is 1. The maximum Gasteiger partial charge on any atom is 0.337 e. The Bertz CT molecular complexity index is 537. The number of nitrogens with zero attached hydrogens (tertiary/aromatic N) is 1. The van der Waals surface area contributed by atoms with E-state index in [4.69, 9.17) is 10.5 Å². The zero-order valence-corrected chi connectivity index (χ0v) is 19.6. The minimum absolute atomic E-state index is 0.305. The van der Waals surface area contributed by atoms with E-state index in [2.05, 4.69) is 47.7 Å². The van der Waals surface area contributed by atoms with Crippen LogP contribution in [0.4, 0.5) is 5.69 Å². The zero-order chi connectivity index (χ0) is 20.8. The Morgan fingerprint density at radius 1 is 1.30 bits per heavy atom. The second-order valence-corrected chi connectivity index (χ2v) is 7.04. The lowest BCUT2D eigenvalue weighted by Gasteiger charge is -2.30. The highest BCUT2D eigenvalue weighted by Crippen LogP contribution is 2.37. The molecule has 0 heterocycles. The Labute approximate surface area is 175 Å². The lowest BCUT2D eigenvalue weighted by molar-refractivity contribution is 0.0600. The molecule has 1 aromatic carbocycles. The van der Waals surface area contributed by atoms with Crippen molar-refractivity contribution in [1.29, 1.82) is 0 Å². The van der Waals surface area contributed by atoms with E-state index in [0.717, 1.165) is 18.7 Å². The second-order valence-electron chi connectivity index (χ2n) is 6.54. The van der Waals surface area contributed by atoms with E-state index in [-0.39, 0.29) is 5.97 Å². The van der Waals surface area contributed by atoms with Crippen molar-refractivity contribution in [2.45, 2.75) is 66.2 Å². The van der Waals surface area contributed by atoms with Gasteiger partial charge in [-0.2, -0.15) is 0 Å². The molecule has 2 unspecified atom stereocenters. The number of carbonyl (C=O) groups excluding carboxylic acids is 1. The first kappa shape index (κ1) is 25.9. The SMILES string of the molecule is CC.CCCCC(CC)C(C)c1ccc(C(=O)OC)cc1N(CBr)CCN. The van der Waals surface area contributed by atoms with Gasteiger partial charge in [0, 0.05) is 18.8 Å². The highest BCUT2D eigenvalue weighted by molar-refractivity contribution is 9.09. The van der Waals surface area contributed by atoms with Crippen LogP contribution in [0.15, 0.2) is 18.2 Å². The molecular formula is C22H39BrN2O2. The lowest BCUT2D eigenvalue weighted by atomic mass is 9.81. The molecule has 4 nitrogen and oxygen atoms in total. The summed E-state index contributed by atoms with van der Waals surface area (Å²) in [5.41, 5.74) is 9.41. The van der Waals surface area contributed by atoms with E-state index < -0.39 is 0 Å². The summed E-state index contributed by atoms with van der Waals surface area (Å²) in [4.78, 5) is 14.2. The number of hydrogen-bond acceptors (Lipinski definition) is 4. The van der Waals surface area contributed by atoms with E-state index in [1.807, 2.05) is 26.0 Å². The van der Waals surface area contributed by atoms with Crippen LogP contribution in [0.1, 0.15) is 82.1 Å². The van der Waals surface area contributed by atoms with E-state index in [1.54, 1.807) is 0 Å². The summed E-state index contributed by atoms with van der Waals surface area (Å²) in [6.07, 6.45) is 4.86. The van der Waals surface area contributed by atoms with Gasteiger partial charge in [0.2, 0.25) is 0 Å². The number of hydrogen-bond donors (Lipinski definition) is 1. The molecule has 0 fully saturated rings.